The SMILES string of the molecule is CCN(c1ccc(CN)cc1)C1CCOC1. The highest BCUT2D eigenvalue weighted by Gasteiger charge is 2.22. The molecular formula is C13H20N2O. The second-order valence-corrected chi connectivity index (χ2v) is 4.17. The minimum atomic E-state index is 0.536. The molecule has 0 aromatic heterocycles. The van der Waals surface area contributed by atoms with Gasteiger partial charge in [0.05, 0.1) is 12.6 Å². The maximum absolute atomic E-state index is 5.60. The molecule has 0 radical (unpaired) electrons. The van der Waals surface area contributed by atoms with Gasteiger partial charge in [-0.2, -0.15) is 0 Å². The summed E-state index contributed by atoms with van der Waals surface area (Å²) in [6.07, 6.45) is 1.13. The third-order valence-electron chi connectivity index (χ3n) is 3.19. The number of ether oxygens (including phenoxy) is 1. The molecule has 1 heterocycles. The fraction of sp³-hybridized carbons (Fsp3) is 0.538. The van der Waals surface area contributed by atoms with Crippen LogP contribution in [-0.4, -0.2) is 25.8 Å². The van der Waals surface area contributed by atoms with Crippen LogP contribution in [0.2, 0.25) is 0 Å². The van der Waals surface area contributed by atoms with Crippen LogP contribution in [0.3, 0.4) is 0 Å². The van der Waals surface area contributed by atoms with Crippen molar-refractivity contribution in [3.05, 3.63) is 29.8 Å². The minimum absolute atomic E-state index is 0.536. The molecule has 16 heavy (non-hydrogen) atoms. The lowest BCUT2D eigenvalue weighted by atomic mass is 10.1. The van der Waals surface area contributed by atoms with Gasteiger partial charge in [0.15, 0.2) is 0 Å². The van der Waals surface area contributed by atoms with Crippen molar-refractivity contribution in [2.75, 3.05) is 24.7 Å². The van der Waals surface area contributed by atoms with Gasteiger partial charge in [0, 0.05) is 25.4 Å². The van der Waals surface area contributed by atoms with E-state index in [4.69, 9.17) is 10.5 Å². The molecule has 1 aliphatic heterocycles. The van der Waals surface area contributed by atoms with Crippen molar-refractivity contribution in [1.29, 1.82) is 0 Å². The number of hydrogen-bond acceptors (Lipinski definition) is 3. The smallest absolute Gasteiger partial charge is 0.0670 e. The summed E-state index contributed by atoms with van der Waals surface area (Å²) >= 11 is 0. The summed E-state index contributed by atoms with van der Waals surface area (Å²) in [7, 11) is 0. The van der Waals surface area contributed by atoms with Crippen molar-refractivity contribution < 1.29 is 4.74 Å². The van der Waals surface area contributed by atoms with Crippen LogP contribution in [0.5, 0.6) is 0 Å². The second kappa shape index (κ2) is 5.32. The zero-order valence-electron chi connectivity index (χ0n) is 9.86. The summed E-state index contributed by atoms with van der Waals surface area (Å²) in [6.45, 7) is 5.57. The van der Waals surface area contributed by atoms with E-state index in [0.717, 1.165) is 26.2 Å². The molecule has 1 aromatic carbocycles. The van der Waals surface area contributed by atoms with E-state index in [-0.39, 0.29) is 0 Å². The molecule has 0 spiro atoms. The number of nitrogens with zero attached hydrogens (tertiary/aromatic N) is 1. The summed E-state index contributed by atoms with van der Waals surface area (Å²) in [6, 6.07) is 9.06. The highest BCUT2D eigenvalue weighted by Crippen LogP contribution is 2.21. The maximum atomic E-state index is 5.60. The van der Waals surface area contributed by atoms with E-state index in [1.807, 2.05) is 0 Å². The molecule has 1 fully saturated rings. The number of rotatable bonds is 4. The largest absolute Gasteiger partial charge is 0.379 e. The fourth-order valence-corrected chi connectivity index (χ4v) is 2.24. The summed E-state index contributed by atoms with van der Waals surface area (Å²) in [5.41, 5.74) is 8.05. The van der Waals surface area contributed by atoms with Crippen LogP contribution < -0.4 is 10.6 Å². The molecule has 1 atom stereocenters. The van der Waals surface area contributed by atoms with E-state index in [2.05, 4.69) is 36.1 Å². The summed E-state index contributed by atoms with van der Waals surface area (Å²) in [5.74, 6) is 0. The third kappa shape index (κ3) is 2.36. The Labute approximate surface area is 97.2 Å². The van der Waals surface area contributed by atoms with Gasteiger partial charge < -0.3 is 15.4 Å². The second-order valence-electron chi connectivity index (χ2n) is 4.17. The first-order chi connectivity index (χ1) is 7.85. The van der Waals surface area contributed by atoms with Crippen LogP contribution in [0.15, 0.2) is 24.3 Å². The van der Waals surface area contributed by atoms with Crippen LogP contribution in [0.25, 0.3) is 0 Å². The lowest BCUT2D eigenvalue weighted by Crippen LogP contribution is -2.35. The van der Waals surface area contributed by atoms with Crippen molar-refractivity contribution in [2.45, 2.75) is 25.9 Å². The molecule has 0 amide bonds. The van der Waals surface area contributed by atoms with Crippen LogP contribution >= 0.6 is 0 Å². The van der Waals surface area contributed by atoms with Crippen LogP contribution in [0.4, 0.5) is 5.69 Å². The van der Waals surface area contributed by atoms with Gasteiger partial charge in [-0.05, 0) is 31.0 Å². The Morgan fingerprint density at radius 1 is 1.38 bits per heavy atom. The zero-order valence-corrected chi connectivity index (χ0v) is 9.86. The number of likely N-dealkylation sites (N-methyl/N-ethyl adjacent to an activating group) is 1. The topological polar surface area (TPSA) is 38.5 Å². The van der Waals surface area contributed by atoms with Crippen molar-refractivity contribution >= 4 is 5.69 Å². The minimum Gasteiger partial charge on any atom is -0.379 e. The van der Waals surface area contributed by atoms with Crippen LogP contribution in [0, 0.1) is 0 Å². The third-order valence-corrected chi connectivity index (χ3v) is 3.19. The van der Waals surface area contributed by atoms with E-state index in [0.29, 0.717) is 12.6 Å². The molecule has 88 valence electrons. The first-order valence-electron chi connectivity index (χ1n) is 5.98. The Bertz CT molecular complexity index is 317. The number of hydrogen-bond donors (Lipinski definition) is 1. The first-order valence-corrected chi connectivity index (χ1v) is 5.98. The van der Waals surface area contributed by atoms with Crippen molar-refractivity contribution in [3.8, 4) is 0 Å². The Morgan fingerprint density at radius 3 is 2.62 bits per heavy atom. The fourth-order valence-electron chi connectivity index (χ4n) is 2.24. The highest BCUT2D eigenvalue weighted by molar-refractivity contribution is 5.48. The van der Waals surface area contributed by atoms with Gasteiger partial charge in [0.25, 0.3) is 0 Å². The molecular weight excluding hydrogens is 200 g/mol. The Hall–Kier alpha value is -1.06. The maximum Gasteiger partial charge on any atom is 0.0670 e. The van der Waals surface area contributed by atoms with Gasteiger partial charge in [-0.25, -0.2) is 0 Å². The van der Waals surface area contributed by atoms with E-state index in [1.165, 1.54) is 11.3 Å². The zero-order chi connectivity index (χ0) is 11.4. The molecule has 2 N–H and O–H groups in total. The van der Waals surface area contributed by atoms with Gasteiger partial charge in [-0.15, -0.1) is 0 Å². The van der Waals surface area contributed by atoms with Gasteiger partial charge in [0.2, 0.25) is 0 Å². The number of benzene rings is 1. The highest BCUT2D eigenvalue weighted by atomic mass is 16.5. The van der Waals surface area contributed by atoms with Crippen LogP contribution in [-0.2, 0) is 11.3 Å². The van der Waals surface area contributed by atoms with Gasteiger partial charge >= 0.3 is 0 Å². The number of anilines is 1. The summed E-state index contributed by atoms with van der Waals surface area (Å²) in [5, 5.41) is 0. The lowest BCUT2D eigenvalue weighted by Gasteiger charge is -2.29. The predicted octanol–water partition coefficient (Wildman–Crippen LogP) is 1.76. The van der Waals surface area contributed by atoms with Crippen LogP contribution in [0.1, 0.15) is 18.9 Å². The Balaban J connectivity index is 2.12. The Morgan fingerprint density at radius 2 is 2.12 bits per heavy atom. The summed E-state index contributed by atoms with van der Waals surface area (Å²) < 4.78 is 5.44. The van der Waals surface area contributed by atoms with Crippen molar-refractivity contribution in [2.24, 2.45) is 5.73 Å². The molecule has 1 aromatic rings. The summed E-state index contributed by atoms with van der Waals surface area (Å²) in [4.78, 5) is 2.41. The molecule has 2 rings (SSSR count). The van der Waals surface area contributed by atoms with E-state index in [1.54, 1.807) is 0 Å². The molecule has 0 saturated carbocycles. The van der Waals surface area contributed by atoms with E-state index < -0.39 is 0 Å². The van der Waals surface area contributed by atoms with E-state index >= 15 is 0 Å². The molecule has 1 unspecified atom stereocenters. The van der Waals surface area contributed by atoms with Crippen molar-refractivity contribution in [3.63, 3.8) is 0 Å². The normalized spacial score (nSPS) is 20.0. The van der Waals surface area contributed by atoms with Gasteiger partial charge in [0.1, 0.15) is 0 Å². The molecule has 1 aliphatic rings. The first kappa shape index (κ1) is 11.4. The van der Waals surface area contributed by atoms with E-state index in [9.17, 15) is 0 Å². The molecule has 3 heteroatoms. The van der Waals surface area contributed by atoms with Gasteiger partial charge in [-0.1, -0.05) is 12.1 Å². The average Bonchev–Trinajstić information content (AvgIpc) is 2.85. The quantitative estimate of drug-likeness (QED) is 0.840. The number of nitrogens with two attached hydrogens (primary N) is 1. The molecule has 1 saturated heterocycles. The lowest BCUT2D eigenvalue weighted by molar-refractivity contribution is 0.193. The standard InChI is InChI=1S/C13H20N2O/c1-2-15(13-7-8-16-10-13)12-5-3-11(9-14)4-6-12/h3-6,13H,2,7-10,14H2,1H3. The van der Waals surface area contributed by atoms with Crippen molar-refractivity contribution in [1.82, 2.24) is 0 Å². The molecule has 0 bridgehead atoms. The molecule has 3 nitrogen and oxygen atoms in total. The average molecular weight is 220 g/mol. The van der Waals surface area contributed by atoms with Gasteiger partial charge in [-0.3, -0.25) is 0 Å². The Kier molecular flexibility index (Phi) is 3.80. The monoisotopic (exact) mass is 220 g/mol. The molecule has 0 aliphatic carbocycles. The predicted molar refractivity (Wildman–Crippen MR) is 66.6 cm³/mol.